The Balaban J connectivity index is 1.65. The summed E-state index contributed by atoms with van der Waals surface area (Å²) in [5.41, 5.74) is 2.01. The summed E-state index contributed by atoms with van der Waals surface area (Å²) in [5, 5.41) is 16.6. The van der Waals surface area contributed by atoms with E-state index in [2.05, 4.69) is 25.9 Å². The number of aryl methyl sites for hydroxylation is 1. The van der Waals surface area contributed by atoms with E-state index >= 15 is 0 Å². The van der Waals surface area contributed by atoms with Crippen molar-refractivity contribution in [3.05, 3.63) is 52.9 Å². The number of carbonyl (C=O) groups is 2. The standard InChI is InChI=1S/C23H26F2N6O3/c1-12-9-18(29-28-12)26-21(32)20(23(2,3)4)27-22(33)31-17-7-8-34-11-14(17)19(30-31)13-5-6-15(24)16(25)10-13/h5-6,9-10,20H,7-8,11H2,1-4H3,(H,27,33)(H2,26,28,29,32)/t20-/m1/s1. The van der Waals surface area contributed by atoms with Crippen LogP contribution in [0.5, 0.6) is 0 Å². The van der Waals surface area contributed by atoms with Gasteiger partial charge in [-0.3, -0.25) is 9.89 Å². The summed E-state index contributed by atoms with van der Waals surface area (Å²) < 4.78 is 34.0. The largest absolute Gasteiger partial charge is 0.376 e. The molecule has 0 bridgehead atoms. The minimum absolute atomic E-state index is 0.179. The van der Waals surface area contributed by atoms with E-state index in [1.54, 1.807) is 13.0 Å². The molecule has 9 nitrogen and oxygen atoms in total. The summed E-state index contributed by atoms with van der Waals surface area (Å²) in [7, 11) is 0. The molecule has 180 valence electrons. The van der Waals surface area contributed by atoms with Gasteiger partial charge in [0.2, 0.25) is 5.91 Å². The van der Waals surface area contributed by atoms with Gasteiger partial charge in [0.15, 0.2) is 17.5 Å². The summed E-state index contributed by atoms with van der Waals surface area (Å²) in [6, 6.07) is 3.60. The van der Waals surface area contributed by atoms with Crippen molar-refractivity contribution in [1.82, 2.24) is 25.3 Å². The molecule has 1 aliphatic heterocycles. The number of hydrogen-bond donors (Lipinski definition) is 3. The number of nitrogens with zero attached hydrogens (tertiary/aromatic N) is 3. The van der Waals surface area contributed by atoms with Gasteiger partial charge in [-0.05, 0) is 30.5 Å². The Labute approximate surface area is 194 Å². The summed E-state index contributed by atoms with van der Waals surface area (Å²) in [4.78, 5) is 26.3. The first-order valence-electron chi connectivity index (χ1n) is 10.8. The second-order valence-electron chi connectivity index (χ2n) is 9.29. The Kier molecular flexibility index (Phi) is 6.22. The number of halogens is 2. The number of fused-ring (bicyclic) bond motifs is 1. The van der Waals surface area contributed by atoms with E-state index in [4.69, 9.17) is 4.74 Å². The van der Waals surface area contributed by atoms with Gasteiger partial charge in [0.1, 0.15) is 6.04 Å². The Morgan fingerprint density at radius 2 is 1.97 bits per heavy atom. The van der Waals surface area contributed by atoms with Crippen molar-refractivity contribution in [3.63, 3.8) is 0 Å². The number of benzene rings is 1. The number of hydrogen-bond acceptors (Lipinski definition) is 5. The highest BCUT2D eigenvalue weighted by molar-refractivity contribution is 5.97. The first-order chi connectivity index (χ1) is 16.0. The second kappa shape index (κ2) is 8.98. The molecule has 3 heterocycles. The Morgan fingerprint density at radius 1 is 1.21 bits per heavy atom. The molecule has 11 heteroatoms. The van der Waals surface area contributed by atoms with E-state index in [1.165, 1.54) is 10.7 Å². The van der Waals surface area contributed by atoms with E-state index in [-0.39, 0.29) is 6.61 Å². The van der Waals surface area contributed by atoms with Gasteiger partial charge in [-0.1, -0.05) is 20.8 Å². The Morgan fingerprint density at radius 3 is 2.62 bits per heavy atom. The van der Waals surface area contributed by atoms with E-state index < -0.39 is 35.0 Å². The van der Waals surface area contributed by atoms with Crippen molar-refractivity contribution in [2.24, 2.45) is 5.41 Å². The summed E-state index contributed by atoms with van der Waals surface area (Å²) in [6.45, 7) is 7.84. The van der Waals surface area contributed by atoms with E-state index in [0.717, 1.165) is 17.8 Å². The highest BCUT2D eigenvalue weighted by atomic mass is 19.2. The molecule has 1 aliphatic rings. The number of H-pyrrole nitrogens is 1. The van der Waals surface area contributed by atoms with Crippen molar-refractivity contribution in [2.45, 2.75) is 46.8 Å². The van der Waals surface area contributed by atoms with Gasteiger partial charge in [0.25, 0.3) is 0 Å². The van der Waals surface area contributed by atoms with Crippen molar-refractivity contribution < 1.29 is 23.1 Å². The number of ether oxygens (including phenoxy) is 1. The van der Waals surface area contributed by atoms with Crippen LogP contribution in [-0.4, -0.2) is 44.6 Å². The summed E-state index contributed by atoms with van der Waals surface area (Å²) in [5.74, 6) is -2.07. The van der Waals surface area contributed by atoms with Crippen molar-refractivity contribution in [3.8, 4) is 11.3 Å². The molecule has 4 rings (SSSR count). The molecule has 0 saturated carbocycles. The summed E-state index contributed by atoms with van der Waals surface area (Å²) >= 11 is 0. The van der Waals surface area contributed by atoms with Crippen LogP contribution >= 0.6 is 0 Å². The molecule has 0 radical (unpaired) electrons. The molecule has 3 aromatic rings. The molecule has 0 fully saturated rings. The highest BCUT2D eigenvalue weighted by Crippen LogP contribution is 2.30. The minimum atomic E-state index is -1.01. The normalized spacial score (nSPS) is 14.4. The fraction of sp³-hybridized carbons (Fsp3) is 0.391. The lowest BCUT2D eigenvalue weighted by atomic mass is 9.86. The molecule has 34 heavy (non-hydrogen) atoms. The predicted molar refractivity (Wildman–Crippen MR) is 120 cm³/mol. The lowest BCUT2D eigenvalue weighted by molar-refractivity contribution is -0.120. The first-order valence-corrected chi connectivity index (χ1v) is 10.8. The molecular formula is C23H26F2N6O3. The SMILES string of the molecule is Cc1cc(NC(=O)[C@@H](NC(=O)n2nc(-c3ccc(F)c(F)c3)c3c2CCOC3)C(C)(C)C)n[nH]1. The minimum Gasteiger partial charge on any atom is -0.376 e. The zero-order valence-corrected chi connectivity index (χ0v) is 19.3. The van der Waals surface area contributed by atoms with Gasteiger partial charge in [-0.2, -0.15) is 14.9 Å². The second-order valence-corrected chi connectivity index (χ2v) is 9.29. The van der Waals surface area contributed by atoms with Gasteiger partial charge >= 0.3 is 6.03 Å². The quantitative estimate of drug-likeness (QED) is 0.538. The third-order valence-corrected chi connectivity index (χ3v) is 5.56. The number of rotatable bonds is 4. The lowest BCUT2D eigenvalue weighted by Gasteiger charge is -2.30. The summed E-state index contributed by atoms with van der Waals surface area (Å²) in [6.07, 6.45) is 0.401. The van der Waals surface area contributed by atoms with E-state index in [9.17, 15) is 18.4 Å². The first kappa shape index (κ1) is 23.6. The molecule has 1 atom stereocenters. The van der Waals surface area contributed by atoms with Crippen LogP contribution < -0.4 is 10.6 Å². The van der Waals surface area contributed by atoms with Crippen molar-refractivity contribution >= 4 is 17.8 Å². The smallest absolute Gasteiger partial charge is 0.343 e. The molecule has 3 N–H and O–H groups in total. The Hall–Kier alpha value is -3.60. The van der Waals surface area contributed by atoms with Crippen molar-refractivity contribution in [2.75, 3.05) is 11.9 Å². The van der Waals surface area contributed by atoms with Gasteiger partial charge < -0.3 is 15.4 Å². The third kappa shape index (κ3) is 4.69. The average Bonchev–Trinajstić information content (AvgIpc) is 3.36. The molecular weight excluding hydrogens is 446 g/mol. The number of anilines is 1. The molecule has 0 aliphatic carbocycles. The van der Waals surface area contributed by atoms with Crippen LogP contribution in [0.1, 0.15) is 37.7 Å². The molecule has 0 unspecified atom stereocenters. The average molecular weight is 472 g/mol. The maximum absolute atomic E-state index is 13.9. The van der Waals surface area contributed by atoms with Gasteiger partial charge in [-0.25, -0.2) is 13.6 Å². The number of amides is 2. The molecule has 0 spiro atoms. The van der Waals surface area contributed by atoms with Crippen molar-refractivity contribution in [1.29, 1.82) is 0 Å². The Bertz CT molecular complexity index is 1240. The fourth-order valence-corrected chi connectivity index (χ4v) is 3.82. The van der Waals surface area contributed by atoms with E-state index in [1.807, 2.05) is 20.8 Å². The number of carbonyl (C=O) groups excluding carboxylic acids is 2. The van der Waals surface area contributed by atoms with Crippen LogP contribution in [0.25, 0.3) is 11.3 Å². The fourth-order valence-electron chi connectivity index (χ4n) is 3.82. The van der Waals surface area contributed by atoms with Crippen LogP contribution in [0.4, 0.5) is 19.4 Å². The molecule has 2 aromatic heterocycles. The van der Waals surface area contributed by atoms with E-state index in [0.29, 0.717) is 41.4 Å². The van der Waals surface area contributed by atoms with Gasteiger partial charge in [0, 0.05) is 29.3 Å². The highest BCUT2D eigenvalue weighted by Gasteiger charge is 2.35. The molecule has 0 saturated heterocycles. The third-order valence-electron chi connectivity index (χ3n) is 5.56. The lowest BCUT2D eigenvalue weighted by Crippen LogP contribution is -2.53. The van der Waals surface area contributed by atoms with Crippen LogP contribution in [0.3, 0.4) is 0 Å². The van der Waals surface area contributed by atoms with Gasteiger partial charge in [-0.15, -0.1) is 0 Å². The van der Waals surface area contributed by atoms with Crippen LogP contribution in [0.15, 0.2) is 24.3 Å². The number of aromatic nitrogens is 4. The van der Waals surface area contributed by atoms with Crippen LogP contribution in [-0.2, 0) is 22.6 Å². The molecule has 2 amide bonds. The number of aromatic amines is 1. The zero-order valence-electron chi connectivity index (χ0n) is 19.3. The van der Waals surface area contributed by atoms with Crippen LogP contribution in [0.2, 0.25) is 0 Å². The zero-order chi connectivity index (χ0) is 24.6. The number of nitrogens with one attached hydrogen (secondary N) is 3. The maximum atomic E-state index is 13.9. The van der Waals surface area contributed by atoms with Gasteiger partial charge in [0.05, 0.1) is 24.6 Å². The van der Waals surface area contributed by atoms with Crippen LogP contribution in [0, 0.1) is 24.0 Å². The molecule has 1 aromatic carbocycles. The predicted octanol–water partition coefficient (Wildman–Crippen LogP) is 3.54. The topological polar surface area (TPSA) is 114 Å². The maximum Gasteiger partial charge on any atom is 0.343 e. The monoisotopic (exact) mass is 472 g/mol.